The number of rotatable bonds is 5. The average Bonchev–Trinajstić information content (AvgIpc) is 2.96. The van der Waals surface area contributed by atoms with Gasteiger partial charge < -0.3 is 9.73 Å². The van der Waals surface area contributed by atoms with E-state index in [1.807, 2.05) is 20.8 Å². The van der Waals surface area contributed by atoms with Gasteiger partial charge in [-0.2, -0.15) is 0 Å². The summed E-state index contributed by atoms with van der Waals surface area (Å²) in [6.45, 7) is 10.1. The maximum Gasteiger partial charge on any atom is 0.288 e. The van der Waals surface area contributed by atoms with Crippen molar-refractivity contribution in [2.45, 2.75) is 33.0 Å². The minimum atomic E-state index is -0.309. The van der Waals surface area contributed by atoms with Gasteiger partial charge in [0.1, 0.15) is 5.82 Å². The number of halogens is 1. The molecule has 0 radical (unpaired) electrons. The fourth-order valence-electron chi connectivity index (χ4n) is 3.04. The number of nitrogens with zero attached hydrogens (tertiary/aromatic N) is 4. The second kappa shape index (κ2) is 8.50. The van der Waals surface area contributed by atoms with E-state index in [-0.39, 0.29) is 22.1 Å². The largest absolute Gasteiger partial charge is 0.409 e. The summed E-state index contributed by atoms with van der Waals surface area (Å²) < 4.78 is 20.3. The lowest BCUT2D eigenvalue weighted by molar-refractivity contribution is -0.124. The summed E-state index contributed by atoms with van der Waals surface area (Å²) in [7, 11) is 0. The van der Waals surface area contributed by atoms with Crippen molar-refractivity contribution in [2.24, 2.45) is 0 Å². The zero-order valence-electron chi connectivity index (χ0n) is 16.4. The van der Waals surface area contributed by atoms with Gasteiger partial charge in [0.2, 0.25) is 11.8 Å². The van der Waals surface area contributed by atoms with Gasteiger partial charge in [-0.3, -0.25) is 14.6 Å². The molecule has 2 heterocycles. The Kier molecular flexibility index (Phi) is 6.26. The highest BCUT2D eigenvalue weighted by Gasteiger charge is 2.22. The number of hydrogen-bond donors (Lipinski definition) is 1. The van der Waals surface area contributed by atoms with Gasteiger partial charge >= 0.3 is 0 Å². The number of benzene rings is 1. The van der Waals surface area contributed by atoms with E-state index in [0.29, 0.717) is 24.7 Å². The van der Waals surface area contributed by atoms with Crippen LogP contribution in [0, 0.1) is 10.7 Å². The molecule has 0 aliphatic carbocycles. The maximum absolute atomic E-state index is 13.1. The quantitative estimate of drug-likeness (QED) is 0.769. The lowest BCUT2D eigenvalue weighted by atomic mass is 10.1. The van der Waals surface area contributed by atoms with Crippen LogP contribution in [-0.2, 0) is 11.5 Å². The van der Waals surface area contributed by atoms with E-state index in [2.05, 4.69) is 20.2 Å². The molecule has 1 amide bonds. The number of carbonyl (C=O) groups excluding carboxylic acids is 1. The second-order valence-electron chi connectivity index (χ2n) is 8.01. The molecule has 1 aromatic heterocycles. The summed E-state index contributed by atoms with van der Waals surface area (Å²) in [6, 6.07) is 5.95. The van der Waals surface area contributed by atoms with E-state index in [9.17, 15) is 9.18 Å². The van der Waals surface area contributed by atoms with E-state index in [1.165, 1.54) is 12.1 Å². The van der Waals surface area contributed by atoms with Crippen LogP contribution >= 0.6 is 12.2 Å². The number of aromatic nitrogens is 2. The fourth-order valence-corrected chi connectivity index (χ4v) is 3.22. The molecule has 0 atom stereocenters. The third-order valence-electron chi connectivity index (χ3n) is 4.38. The number of nitrogens with one attached hydrogen (secondary N) is 1. The Labute approximate surface area is 169 Å². The molecule has 2 aromatic rings. The predicted molar refractivity (Wildman–Crippen MR) is 107 cm³/mol. The highest BCUT2D eigenvalue weighted by Crippen LogP contribution is 2.18. The average molecular weight is 408 g/mol. The highest BCUT2D eigenvalue weighted by atomic mass is 32.1. The standard InChI is InChI=1S/C19H26FN5O2S/c1-19(2,3)21-16(26)12-23-8-10-24(11-9-23)13-25-18(28)27-17(22-25)14-4-6-15(20)7-5-14/h4-7H,8-13H2,1-3H3,(H,21,26). The Bertz CT molecular complexity index is 864. The fraction of sp³-hybridized carbons (Fsp3) is 0.526. The highest BCUT2D eigenvalue weighted by molar-refractivity contribution is 7.71. The van der Waals surface area contributed by atoms with Gasteiger partial charge in [0, 0.05) is 37.3 Å². The summed E-state index contributed by atoms with van der Waals surface area (Å²) in [4.78, 5) is 16.7. The predicted octanol–water partition coefficient (Wildman–Crippen LogP) is 2.50. The molecule has 152 valence electrons. The smallest absolute Gasteiger partial charge is 0.288 e. The number of piperazine rings is 1. The minimum Gasteiger partial charge on any atom is -0.409 e. The zero-order chi connectivity index (χ0) is 20.3. The third-order valence-corrected chi connectivity index (χ3v) is 4.67. The molecule has 1 fully saturated rings. The number of hydrogen-bond acceptors (Lipinski definition) is 6. The molecule has 1 saturated heterocycles. The Morgan fingerprint density at radius 2 is 1.79 bits per heavy atom. The first-order valence-corrected chi connectivity index (χ1v) is 9.70. The minimum absolute atomic E-state index is 0.0450. The maximum atomic E-state index is 13.1. The van der Waals surface area contributed by atoms with Crippen molar-refractivity contribution in [3.63, 3.8) is 0 Å². The summed E-state index contributed by atoms with van der Waals surface area (Å²) in [6.07, 6.45) is 0. The first-order valence-electron chi connectivity index (χ1n) is 9.29. The molecule has 0 unspecified atom stereocenters. The third kappa shape index (κ3) is 5.70. The second-order valence-corrected chi connectivity index (χ2v) is 8.36. The van der Waals surface area contributed by atoms with Crippen LogP contribution in [0.4, 0.5) is 4.39 Å². The normalized spacial score (nSPS) is 16.3. The number of carbonyl (C=O) groups is 1. The molecule has 1 aliphatic rings. The lowest BCUT2D eigenvalue weighted by Gasteiger charge is -2.34. The van der Waals surface area contributed by atoms with Gasteiger partial charge in [-0.1, -0.05) is 0 Å². The first-order chi connectivity index (χ1) is 13.2. The topological polar surface area (TPSA) is 66.5 Å². The van der Waals surface area contributed by atoms with Crippen LogP contribution in [0.1, 0.15) is 20.8 Å². The molecule has 1 N–H and O–H groups in total. The van der Waals surface area contributed by atoms with Crippen molar-refractivity contribution in [1.29, 1.82) is 0 Å². The molecule has 0 saturated carbocycles. The summed E-state index contributed by atoms with van der Waals surface area (Å²) in [5.74, 6) is 0.113. The van der Waals surface area contributed by atoms with Gasteiger partial charge in [-0.15, -0.1) is 5.10 Å². The molecule has 9 heteroatoms. The van der Waals surface area contributed by atoms with Gasteiger partial charge in [-0.25, -0.2) is 9.07 Å². The molecule has 0 bridgehead atoms. The molecule has 28 heavy (non-hydrogen) atoms. The monoisotopic (exact) mass is 407 g/mol. The number of amides is 1. The van der Waals surface area contributed by atoms with Gasteiger partial charge in [0.05, 0.1) is 13.2 Å². The molecule has 3 rings (SSSR count). The summed E-state index contributed by atoms with van der Waals surface area (Å²) >= 11 is 5.27. The molecule has 1 aromatic carbocycles. The van der Waals surface area contributed by atoms with Crippen molar-refractivity contribution in [1.82, 2.24) is 24.9 Å². The van der Waals surface area contributed by atoms with Crippen LogP contribution in [0.25, 0.3) is 11.5 Å². The molecule has 7 nitrogen and oxygen atoms in total. The van der Waals surface area contributed by atoms with Crippen molar-refractivity contribution >= 4 is 18.1 Å². The van der Waals surface area contributed by atoms with E-state index >= 15 is 0 Å². The Morgan fingerprint density at radius 1 is 1.18 bits per heavy atom. The van der Waals surface area contributed by atoms with E-state index in [4.69, 9.17) is 16.6 Å². The van der Waals surface area contributed by atoms with Gasteiger partial charge in [-0.05, 0) is 57.3 Å². The Balaban J connectivity index is 1.53. The lowest BCUT2D eigenvalue weighted by Crippen LogP contribution is -2.51. The van der Waals surface area contributed by atoms with Crippen molar-refractivity contribution in [2.75, 3.05) is 32.7 Å². The van der Waals surface area contributed by atoms with Crippen molar-refractivity contribution in [3.05, 3.63) is 34.9 Å². The Hall–Kier alpha value is -2.10. The van der Waals surface area contributed by atoms with Gasteiger partial charge in [0.15, 0.2) is 0 Å². The van der Waals surface area contributed by atoms with Crippen molar-refractivity contribution < 1.29 is 13.6 Å². The van der Waals surface area contributed by atoms with Crippen molar-refractivity contribution in [3.8, 4) is 11.5 Å². The summed E-state index contributed by atoms with van der Waals surface area (Å²) in [5, 5.41) is 7.40. The van der Waals surface area contributed by atoms with Crippen LogP contribution in [-0.4, -0.2) is 63.8 Å². The van der Waals surface area contributed by atoms with Gasteiger partial charge in [0.25, 0.3) is 4.84 Å². The first kappa shape index (κ1) is 20.6. The molecular formula is C19H26FN5O2S. The molecular weight excluding hydrogens is 381 g/mol. The Morgan fingerprint density at radius 3 is 2.39 bits per heavy atom. The van der Waals surface area contributed by atoms with E-state index < -0.39 is 0 Å². The van der Waals surface area contributed by atoms with Crippen LogP contribution in [0.3, 0.4) is 0 Å². The SMILES string of the molecule is CC(C)(C)NC(=O)CN1CCN(Cn2nc(-c3ccc(F)cc3)oc2=S)CC1. The van der Waals surface area contributed by atoms with Crippen LogP contribution in [0.5, 0.6) is 0 Å². The van der Waals surface area contributed by atoms with E-state index in [1.54, 1.807) is 16.8 Å². The molecule has 0 spiro atoms. The van der Waals surface area contributed by atoms with Crippen LogP contribution < -0.4 is 5.32 Å². The summed E-state index contributed by atoms with van der Waals surface area (Å²) in [5.41, 5.74) is 0.464. The zero-order valence-corrected chi connectivity index (χ0v) is 17.3. The van der Waals surface area contributed by atoms with Crippen LogP contribution in [0.15, 0.2) is 28.7 Å². The van der Waals surface area contributed by atoms with E-state index in [0.717, 1.165) is 26.2 Å². The van der Waals surface area contributed by atoms with Crippen LogP contribution in [0.2, 0.25) is 0 Å². The molecule has 1 aliphatic heterocycles.